The van der Waals surface area contributed by atoms with Crippen molar-refractivity contribution in [2.24, 2.45) is 0 Å². The van der Waals surface area contributed by atoms with Gasteiger partial charge in [-0.2, -0.15) is 0 Å². The molecule has 124 valence electrons. The molecule has 0 aromatic heterocycles. The first-order valence-electron chi connectivity index (χ1n) is 7.93. The molecular weight excluding hydrogens is 324 g/mol. The molecule has 1 heterocycles. The molecule has 0 radical (unpaired) electrons. The summed E-state index contributed by atoms with van der Waals surface area (Å²) >= 11 is 5.87. The fourth-order valence-electron chi connectivity index (χ4n) is 3.18. The maximum absolute atomic E-state index is 12.7. The van der Waals surface area contributed by atoms with Gasteiger partial charge in [-0.1, -0.05) is 42.5 Å². The zero-order valence-corrected chi connectivity index (χ0v) is 14.0. The molecule has 2 aromatic carbocycles. The van der Waals surface area contributed by atoms with E-state index in [0.29, 0.717) is 12.1 Å². The summed E-state index contributed by atoms with van der Waals surface area (Å²) in [7, 11) is 0. The van der Waals surface area contributed by atoms with Gasteiger partial charge in [0.05, 0.1) is 5.88 Å². The molecule has 1 unspecified atom stereocenters. The summed E-state index contributed by atoms with van der Waals surface area (Å²) in [5, 5.41) is 6.18. The van der Waals surface area contributed by atoms with Crippen molar-refractivity contribution in [3.8, 4) is 0 Å². The molecular formula is C19H19ClN2O2. The average Bonchev–Trinajstić information content (AvgIpc) is 2.66. The molecule has 5 heteroatoms. The van der Waals surface area contributed by atoms with Crippen LogP contribution in [0.25, 0.3) is 0 Å². The maximum atomic E-state index is 12.7. The number of halogens is 1. The molecule has 4 nitrogen and oxygen atoms in total. The number of fused-ring (bicyclic) bond motifs is 1. The Labute approximate surface area is 146 Å². The number of hydrogen-bond donors (Lipinski definition) is 2. The van der Waals surface area contributed by atoms with Gasteiger partial charge in [0.1, 0.15) is 5.54 Å². The Hall–Kier alpha value is -2.17. The van der Waals surface area contributed by atoms with Gasteiger partial charge in [0.25, 0.3) is 5.91 Å². The minimum Gasteiger partial charge on any atom is -0.349 e. The first kappa shape index (κ1) is 16.7. The molecule has 3 rings (SSSR count). The smallest absolute Gasteiger partial charge is 0.251 e. The van der Waals surface area contributed by atoms with E-state index in [0.717, 1.165) is 17.5 Å². The van der Waals surface area contributed by atoms with Crippen molar-refractivity contribution < 1.29 is 9.59 Å². The number of hydrogen-bond acceptors (Lipinski definition) is 3. The molecule has 1 aliphatic rings. The third-order valence-electron chi connectivity index (χ3n) is 4.45. The van der Waals surface area contributed by atoms with E-state index in [1.807, 2.05) is 42.5 Å². The Balaban J connectivity index is 1.89. The molecule has 2 aromatic rings. The quantitative estimate of drug-likeness (QED) is 0.819. The van der Waals surface area contributed by atoms with Crippen molar-refractivity contribution in [2.75, 3.05) is 19.0 Å². The zero-order valence-electron chi connectivity index (χ0n) is 13.2. The average molecular weight is 343 g/mol. The van der Waals surface area contributed by atoms with Crippen LogP contribution in [-0.4, -0.2) is 30.7 Å². The summed E-state index contributed by atoms with van der Waals surface area (Å²) < 4.78 is 0. The second-order valence-electron chi connectivity index (χ2n) is 5.84. The molecule has 0 saturated heterocycles. The van der Waals surface area contributed by atoms with E-state index in [-0.39, 0.29) is 24.1 Å². The second-order valence-corrected chi connectivity index (χ2v) is 6.11. The Morgan fingerprint density at radius 2 is 1.79 bits per heavy atom. The molecule has 0 spiro atoms. The molecule has 0 aliphatic carbocycles. The van der Waals surface area contributed by atoms with Crippen molar-refractivity contribution in [3.05, 3.63) is 71.3 Å². The molecule has 1 aliphatic heterocycles. The van der Waals surface area contributed by atoms with Gasteiger partial charge >= 0.3 is 0 Å². The Morgan fingerprint density at radius 3 is 2.54 bits per heavy atom. The first-order chi connectivity index (χ1) is 11.7. The number of alkyl halides is 1. The predicted octanol–water partition coefficient (Wildman–Crippen LogP) is 2.27. The Kier molecular flexibility index (Phi) is 4.97. The summed E-state index contributed by atoms with van der Waals surface area (Å²) in [6, 6.07) is 16.8. The van der Waals surface area contributed by atoms with E-state index >= 15 is 0 Å². The molecule has 0 saturated carbocycles. The van der Waals surface area contributed by atoms with Crippen molar-refractivity contribution >= 4 is 23.3 Å². The number of rotatable bonds is 5. The van der Waals surface area contributed by atoms with Crippen molar-refractivity contribution in [3.63, 3.8) is 0 Å². The topological polar surface area (TPSA) is 58.2 Å². The van der Waals surface area contributed by atoms with E-state index in [1.165, 1.54) is 0 Å². The van der Waals surface area contributed by atoms with Gasteiger partial charge < -0.3 is 5.32 Å². The van der Waals surface area contributed by atoms with Gasteiger partial charge in [-0.25, -0.2) is 0 Å². The number of ketones is 1. The molecule has 0 bridgehead atoms. The lowest BCUT2D eigenvalue weighted by molar-refractivity contribution is -0.123. The van der Waals surface area contributed by atoms with Crippen LogP contribution in [0, 0.1) is 0 Å². The van der Waals surface area contributed by atoms with Crippen LogP contribution in [0.5, 0.6) is 0 Å². The van der Waals surface area contributed by atoms with Crippen molar-refractivity contribution in [1.29, 1.82) is 0 Å². The summed E-state index contributed by atoms with van der Waals surface area (Å²) in [6.07, 6.45) is 0.847. The standard InChI is InChI=1S/C19H19ClN2O2/c20-12-17(23)19(13-21-18(24)15-7-2-1-3-8-15)16-9-5-4-6-14(16)10-11-22-19/h1-9,22H,10-13H2,(H,21,24). The van der Waals surface area contributed by atoms with Crippen LogP contribution in [0.2, 0.25) is 0 Å². The molecule has 0 fully saturated rings. The minimum absolute atomic E-state index is 0.109. The SMILES string of the molecule is O=C(NCC1(C(=O)CCl)NCCc2ccccc21)c1ccccc1. The van der Waals surface area contributed by atoms with E-state index in [9.17, 15) is 9.59 Å². The zero-order chi connectivity index (χ0) is 17.0. The van der Waals surface area contributed by atoms with Gasteiger partial charge in [0.2, 0.25) is 0 Å². The van der Waals surface area contributed by atoms with Crippen LogP contribution in [0.1, 0.15) is 21.5 Å². The summed E-state index contributed by atoms with van der Waals surface area (Å²) in [5.74, 6) is -0.449. The molecule has 1 amide bonds. The third kappa shape index (κ3) is 3.07. The first-order valence-corrected chi connectivity index (χ1v) is 8.47. The highest BCUT2D eigenvalue weighted by atomic mass is 35.5. The van der Waals surface area contributed by atoms with E-state index < -0.39 is 5.54 Å². The van der Waals surface area contributed by atoms with Crippen molar-refractivity contribution in [1.82, 2.24) is 10.6 Å². The van der Waals surface area contributed by atoms with Crippen molar-refractivity contribution in [2.45, 2.75) is 12.0 Å². The van der Waals surface area contributed by atoms with Gasteiger partial charge in [-0.15, -0.1) is 11.6 Å². The highest BCUT2D eigenvalue weighted by Gasteiger charge is 2.42. The maximum Gasteiger partial charge on any atom is 0.251 e. The third-order valence-corrected chi connectivity index (χ3v) is 4.69. The number of amides is 1. The van der Waals surface area contributed by atoms with Crippen LogP contribution in [0.3, 0.4) is 0 Å². The van der Waals surface area contributed by atoms with Gasteiger partial charge in [0, 0.05) is 18.7 Å². The highest BCUT2D eigenvalue weighted by molar-refractivity contribution is 6.29. The van der Waals surface area contributed by atoms with Crippen LogP contribution >= 0.6 is 11.6 Å². The predicted molar refractivity (Wildman–Crippen MR) is 94.3 cm³/mol. The monoisotopic (exact) mass is 342 g/mol. The minimum atomic E-state index is -0.971. The summed E-state index contributed by atoms with van der Waals surface area (Å²) in [6.45, 7) is 0.837. The Morgan fingerprint density at radius 1 is 1.08 bits per heavy atom. The number of benzene rings is 2. The van der Waals surface area contributed by atoms with Crippen LogP contribution in [0.15, 0.2) is 54.6 Å². The fourth-order valence-corrected chi connectivity index (χ4v) is 3.41. The lowest BCUT2D eigenvalue weighted by Crippen LogP contribution is -2.59. The lowest BCUT2D eigenvalue weighted by atomic mass is 9.79. The largest absolute Gasteiger partial charge is 0.349 e. The van der Waals surface area contributed by atoms with E-state index in [4.69, 9.17) is 11.6 Å². The fraction of sp³-hybridized carbons (Fsp3) is 0.263. The summed E-state index contributed by atoms with van der Waals surface area (Å²) in [5.41, 5.74) is 1.61. The Bertz CT molecular complexity index is 748. The van der Waals surface area contributed by atoms with Crippen LogP contribution in [0.4, 0.5) is 0 Å². The molecule has 1 atom stereocenters. The molecule has 2 N–H and O–H groups in total. The van der Waals surface area contributed by atoms with E-state index in [1.54, 1.807) is 12.1 Å². The highest BCUT2D eigenvalue weighted by Crippen LogP contribution is 2.29. The number of carbonyl (C=O) groups is 2. The van der Waals surface area contributed by atoms with Gasteiger partial charge in [-0.05, 0) is 29.7 Å². The summed E-state index contributed by atoms with van der Waals surface area (Å²) in [4.78, 5) is 25.0. The molecule has 24 heavy (non-hydrogen) atoms. The number of Topliss-reactive ketones (excluding diaryl/α,β-unsaturated/α-hetero) is 1. The second kappa shape index (κ2) is 7.16. The van der Waals surface area contributed by atoms with Gasteiger partial charge in [0.15, 0.2) is 5.78 Å². The van der Waals surface area contributed by atoms with Gasteiger partial charge in [-0.3, -0.25) is 14.9 Å². The lowest BCUT2D eigenvalue weighted by Gasteiger charge is -2.38. The van der Waals surface area contributed by atoms with E-state index in [2.05, 4.69) is 10.6 Å². The number of nitrogens with one attached hydrogen (secondary N) is 2. The normalized spacial score (nSPS) is 19.4. The number of carbonyl (C=O) groups excluding carboxylic acids is 2. The van der Waals surface area contributed by atoms with Crippen LogP contribution in [-0.2, 0) is 16.8 Å². The van der Waals surface area contributed by atoms with Crippen LogP contribution < -0.4 is 10.6 Å².